The zero-order chi connectivity index (χ0) is 25.5. The summed E-state index contributed by atoms with van der Waals surface area (Å²) >= 11 is 0. The maximum absolute atomic E-state index is 12.7. The molecule has 12 heteroatoms. The molecule has 12 nitrogen and oxygen atoms in total. The third-order valence-corrected chi connectivity index (χ3v) is 4.68. The molecule has 35 heavy (non-hydrogen) atoms. The number of nitrogens with one attached hydrogen (secondary N) is 1. The second-order valence-electron chi connectivity index (χ2n) is 6.83. The molecule has 180 valence electrons. The van der Waals surface area contributed by atoms with Gasteiger partial charge in [0.15, 0.2) is 5.75 Å². The summed E-state index contributed by atoms with van der Waals surface area (Å²) in [6, 6.07) is 9.92. The predicted molar refractivity (Wildman–Crippen MR) is 121 cm³/mol. The molecule has 0 saturated heterocycles. The number of allylic oxidation sites excluding steroid dienone is 1. The lowest BCUT2D eigenvalue weighted by Gasteiger charge is -2.09. The Kier molecular flexibility index (Phi) is 7.59. The lowest BCUT2D eigenvalue weighted by Crippen LogP contribution is -2.32. The van der Waals surface area contributed by atoms with E-state index in [-0.39, 0.29) is 11.3 Å². The number of nitrogens with zero attached hydrogens (tertiary/aromatic N) is 1. The molecule has 3 rings (SSSR count). The van der Waals surface area contributed by atoms with Gasteiger partial charge in [-0.05, 0) is 42.8 Å². The minimum absolute atomic E-state index is 0.288. The van der Waals surface area contributed by atoms with Crippen molar-refractivity contribution in [2.75, 3.05) is 6.61 Å². The number of carbonyl (C=O) groups is 3. The summed E-state index contributed by atoms with van der Waals surface area (Å²) in [6.45, 7) is 2.19. The Labute approximate surface area is 197 Å². The molecule has 3 aromatic rings. The van der Waals surface area contributed by atoms with Gasteiger partial charge in [0, 0.05) is 5.56 Å². The number of nitrogens with two attached hydrogens (primary N) is 1. The number of phenols is 1. The van der Waals surface area contributed by atoms with Crippen LogP contribution >= 0.6 is 0 Å². The van der Waals surface area contributed by atoms with Gasteiger partial charge in [0.1, 0.15) is 17.9 Å². The maximum Gasteiger partial charge on any atom is 0.382 e. The number of rotatable bonds is 8. The largest absolute Gasteiger partial charge is 0.502 e. The van der Waals surface area contributed by atoms with Gasteiger partial charge in [-0.1, -0.05) is 24.3 Å². The van der Waals surface area contributed by atoms with E-state index in [1.165, 1.54) is 12.3 Å². The number of hydrazine groups is 1. The molecule has 0 unspecified atom stereocenters. The molecule has 1 amide bonds. The summed E-state index contributed by atoms with van der Waals surface area (Å²) in [7, 11) is 0. The van der Waals surface area contributed by atoms with Crippen LogP contribution in [0.5, 0.6) is 11.5 Å². The first-order valence-corrected chi connectivity index (χ1v) is 9.98. The molecule has 4 N–H and O–H groups in total. The molecule has 1 aromatic heterocycles. The number of esters is 2. The van der Waals surface area contributed by atoms with Crippen LogP contribution in [0.25, 0.3) is 11.1 Å². The van der Waals surface area contributed by atoms with E-state index in [2.05, 4.69) is 0 Å². The number of benzene rings is 2. The Bertz CT molecular complexity index is 1330. The summed E-state index contributed by atoms with van der Waals surface area (Å²) in [5, 5.41) is 21.1. The first kappa shape index (κ1) is 24.7. The van der Waals surface area contributed by atoms with Crippen LogP contribution in [-0.4, -0.2) is 34.5 Å². The average Bonchev–Trinajstić information content (AvgIpc) is 3.33. The summed E-state index contributed by atoms with van der Waals surface area (Å²) < 4.78 is 15.6. The summed E-state index contributed by atoms with van der Waals surface area (Å²) in [5.74, 6) is 0.486. The van der Waals surface area contributed by atoms with Gasteiger partial charge < -0.3 is 19.0 Å². The van der Waals surface area contributed by atoms with Crippen LogP contribution < -0.4 is 16.0 Å². The van der Waals surface area contributed by atoms with Gasteiger partial charge in [-0.25, -0.2) is 15.4 Å². The van der Waals surface area contributed by atoms with Crippen molar-refractivity contribution in [1.82, 2.24) is 5.43 Å². The smallest absolute Gasteiger partial charge is 0.382 e. The number of amides is 1. The molecule has 0 bridgehead atoms. The topological polar surface area (TPSA) is 184 Å². The minimum Gasteiger partial charge on any atom is -0.502 e. The molecule has 0 radical (unpaired) electrons. The number of nitro groups is 1. The Morgan fingerprint density at radius 3 is 2.66 bits per heavy atom. The van der Waals surface area contributed by atoms with Gasteiger partial charge in [0.2, 0.25) is 5.76 Å². The van der Waals surface area contributed by atoms with Crippen molar-refractivity contribution in [2.24, 2.45) is 5.84 Å². The molecule has 2 aromatic carbocycles. The molecule has 0 aliphatic rings. The second-order valence-corrected chi connectivity index (χ2v) is 6.83. The molecular weight excluding hydrogens is 462 g/mol. The first-order chi connectivity index (χ1) is 16.8. The number of nitrogen functional groups attached to an aromatic ring is 1. The first-order valence-electron chi connectivity index (χ1n) is 9.98. The number of carbonyl (C=O) groups excluding carboxylic acids is 3. The maximum atomic E-state index is 12.7. The number of furan rings is 1. The van der Waals surface area contributed by atoms with Crippen LogP contribution in [-0.2, 0) is 4.74 Å². The van der Waals surface area contributed by atoms with E-state index >= 15 is 0 Å². The van der Waals surface area contributed by atoms with E-state index in [1.54, 1.807) is 29.7 Å². The minimum atomic E-state index is -1.40. The van der Waals surface area contributed by atoms with E-state index in [0.717, 1.165) is 12.1 Å². The zero-order valence-electron chi connectivity index (χ0n) is 18.2. The number of phenolic OH excluding ortho intramolecular Hbond substituents is 1. The quantitative estimate of drug-likeness (QED) is 0.0821. The van der Waals surface area contributed by atoms with Crippen LogP contribution in [0.15, 0.2) is 65.3 Å². The highest BCUT2D eigenvalue weighted by Gasteiger charge is 2.33. The van der Waals surface area contributed by atoms with Crippen molar-refractivity contribution >= 4 is 23.5 Å². The predicted octanol–water partition coefficient (Wildman–Crippen LogP) is 3.12. The fourth-order valence-corrected chi connectivity index (χ4v) is 3.11. The number of hydrogen-bond acceptors (Lipinski definition) is 10. The van der Waals surface area contributed by atoms with Crippen molar-refractivity contribution in [1.29, 1.82) is 0 Å². The van der Waals surface area contributed by atoms with Crippen LogP contribution in [0, 0.1) is 10.1 Å². The molecule has 0 spiro atoms. The standard InChI is InChI=1S/C23H19N3O9/c1-2-3-10-33-14-6-4-5-13(12-14)15-9-11-34-20(15)23(30)35-22(29)16-7-8-17(27)19(26(31)32)18(16)21(28)25-24/h2-9,11-12,27H,10,24H2,1H3,(H,25,28). The number of hydrogen-bond donors (Lipinski definition) is 3. The molecule has 0 aliphatic heterocycles. The summed E-state index contributed by atoms with van der Waals surface area (Å²) in [4.78, 5) is 47.8. The average molecular weight is 481 g/mol. The molecular formula is C23H19N3O9. The van der Waals surface area contributed by atoms with E-state index in [9.17, 15) is 29.6 Å². The molecule has 0 fully saturated rings. The molecule has 1 heterocycles. The van der Waals surface area contributed by atoms with E-state index < -0.39 is 45.3 Å². The number of ether oxygens (including phenoxy) is 2. The highest BCUT2D eigenvalue weighted by atomic mass is 16.6. The highest BCUT2D eigenvalue weighted by molar-refractivity contribution is 6.12. The third-order valence-electron chi connectivity index (χ3n) is 4.68. The fraction of sp³-hybridized carbons (Fsp3) is 0.0870. The van der Waals surface area contributed by atoms with Gasteiger partial charge in [-0.3, -0.25) is 20.3 Å². The van der Waals surface area contributed by atoms with Crippen molar-refractivity contribution in [3.63, 3.8) is 0 Å². The van der Waals surface area contributed by atoms with E-state index in [1.807, 2.05) is 19.1 Å². The SMILES string of the molecule is CC=CCOc1cccc(-c2ccoc2C(=O)OC(=O)c2ccc(O)c([N+](=O)[O-])c2C(=O)NN)c1. The summed E-state index contributed by atoms with van der Waals surface area (Å²) in [6.07, 6.45) is 4.85. The van der Waals surface area contributed by atoms with Crippen LogP contribution in [0.3, 0.4) is 0 Å². The van der Waals surface area contributed by atoms with Crippen molar-refractivity contribution in [3.05, 3.63) is 87.9 Å². The lowest BCUT2D eigenvalue weighted by atomic mass is 10.0. The Balaban J connectivity index is 1.91. The Hall–Kier alpha value is -4.97. The monoisotopic (exact) mass is 481 g/mol. The van der Waals surface area contributed by atoms with Crippen LogP contribution in [0.2, 0.25) is 0 Å². The van der Waals surface area contributed by atoms with Crippen molar-refractivity contribution in [3.8, 4) is 22.6 Å². The third kappa shape index (κ3) is 5.34. The molecule has 0 atom stereocenters. The van der Waals surface area contributed by atoms with Gasteiger partial charge in [0.05, 0.1) is 16.7 Å². The van der Waals surface area contributed by atoms with Gasteiger partial charge in [0.25, 0.3) is 5.91 Å². The second kappa shape index (κ2) is 10.8. The highest BCUT2D eigenvalue weighted by Crippen LogP contribution is 2.33. The number of nitro benzene ring substituents is 1. The van der Waals surface area contributed by atoms with Gasteiger partial charge in [-0.2, -0.15) is 0 Å². The van der Waals surface area contributed by atoms with Crippen molar-refractivity contribution in [2.45, 2.75) is 6.92 Å². The van der Waals surface area contributed by atoms with Crippen LogP contribution in [0.1, 0.15) is 38.2 Å². The number of aromatic hydroxyl groups is 1. The zero-order valence-corrected chi connectivity index (χ0v) is 18.2. The van der Waals surface area contributed by atoms with E-state index in [4.69, 9.17) is 19.7 Å². The summed E-state index contributed by atoms with van der Waals surface area (Å²) in [5.41, 5.74) is -0.155. The lowest BCUT2D eigenvalue weighted by molar-refractivity contribution is -0.386. The van der Waals surface area contributed by atoms with E-state index in [0.29, 0.717) is 17.9 Å². The van der Waals surface area contributed by atoms with Gasteiger partial charge >= 0.3 is 17.6 Å². The Morgan fingerprint density at radius 1 is 1.20 bits per heavy atom. The van der Waals surface area contributed by atoms with Crippen LogP contribution in [0.4, 0.5) is 5.69 Å². The van der Waals surface area contributed by atoms with Crippen molar-refractivity contribution < 1.29 is 38.3 Å². The molecule has 0 saturated carbocycles. The van der Waals surface area contributed by atoms with Gasteiger partial charge in [-0.15, -0.1) is 0 Å². The molecule has 0 aliphatic carbocycles. The normalized spacial score (nSPS) is 10.7. The Morgan fingerprint density at radius 2 is 1.97 bits per heavy atom. The fourth-order valence-electron chi connectivity index (χ4n) is 3.11.